The number of carboxylic acids is 1. The molecule has 0 fully saturated rings. The fraction of sp³-hybridized carbons (Fsp3) is 0.562. The van der Waals surface area contributed by atoms with Gasteiger partial charge in [0.25, 0.3) is 0 Å². The van der Waals surface area contributed by atoms with Gasteiger partial charge in [0.15, 0.2) is 0 Å². The van der Waals surface area contributed by atoms with Crippen LogP contribution in [-0.4, -0.2) is 54.6 Å². The van der Waals surface area contributed by atoms with Crippen molar-refractivity contribution >= 4 is 5.97 Å². The number of nitrogens with zero attached hydrogens (tertiary/aromatic N) is 2. The Kier molecular flexibility index (Phi) is 6.78. The van der Waals surface area contributed by atoms with Crippen molar-refractivity contribution in [3.05, 3.63) is 35.1 Å². The lowest BCUT2D eigenvalue weighted by Crippen LogP contribution is -2.34. The Morgan fingerprint density at radius 2 is 1.95 bits per heavy atom. The summed E-state index contributed by atoms with van der Waals surface area (Å²) in [5, 5.41) is 8.99. The summed E-state index contributed by atoms with van der Waals surface area (Å²) in [5.41, 5.74) is 0.180. The van der Waals surface area contributed by atoms with Gasteiger partial charge in [-0.2, -0.15) is 0 Å². The predicted molar refractivity (Wildman–Crippen MR) is 82.0 cm³/mol. The second-order valence-corrected chi connectivity index (χ2v) is 6.02. The van der Waals surface area contributed by atoms with Crippen LogP contribution in [0.2, 0.25) is 0 Å². The molecule has 21 heavy (non-hydrogen) atoms. The van der Waals surface area contributed by atoms with E-state index in [0.29, 0.717) is 18.0 Å². The Balaban J connectivity index is 2.87. The van der Waals surface area contributed by atoms with Crippen molar-refractivity contribution in [2.45, 2.75) is 20.4 Å². The molecule has 0 radical (unpaired) electrons. The van der Waals surface area contributed by atoms with Crippen LogP contribution in [0.5, 0.6) is 0 Å². The van der Waals surface area contributed by atoms with Gasteiger partial charge in [-0.3, -0.25) is 4.90 Å². The molecule has 5 heteroatoms. The molecular weight excluding hydrogens is 271 g/mol. The molecule has 0 saturated heterocycles. The fourth-order valence-corrected chi connectivity index (χ4v) is 2.20. The van der Waals surface area contributed by atoms with E-state index in [1.807, 2.05) is 14.1 Å². The van der Waals surface area contributed by atoms with Crippen LogP contribution >= 0.6 is 0 Å². The van der Waals surface area contributed by atoms with Crippen molar-refractivity contribution in [1.29, 1.82) is 0 Å². The highest BCUT2D eigenvalue weighted by Gasteiger charge is 2.16. The summed E-state index contributed by atoms with van der Waals surface area (Å²) in [6, 6.07) is 4.56. The topological polar surface area (TPSA) is 43.8 Å². The van der Waals surface area contributed by atoms with Gasteiger partial charge in [-0.25, -0.2) is 9.18 Å². The molecule has 1 N–H and O–H groups in total. The maximum Gasteiger partial charge on any atom is 0.338 e. The van der Waals surface area contributed by atoms with Crippen LogP contribution in [0.15, 0.2) is 18.2 Å². The number of hydrogen-bond donors (Lipinski definition) is 1. The zero-order valence-corrected chi connectivity index (χ0v) is 13.3. The fourth-order valence-electron chi connectivity index (χ4n) is 2.20. The number of likely N-dealkylation sites (N-methyl/N-ethyl adjacent to an activating group) is 1. The minimum Gasteiger partial charge on any atom is -0.478 e. The van der Waals surface area contributed by atoms with Gasteiger partial charge in [-0.05, 0) is 26.1 Å². The molecule has 0 heterocycles. The average Bonchev–Trinajstić information content (AvgIpc) is 2.37. The van der Waals surface area contributed by atoms with Gasteiger partial charge < -0.3 is 10.0 Å². The smallest absolute Gasteiger partial charge is 0.338 e. The van der Waals surface area contributed by atoms with Gasteiger partial charge in [0, 0.05) is 31.7 Å². The molecule has 0 atom stereocenters. The van der Waals surface area contributed by atoms with E-state index >= 15 is 0 Å². The van der Waals surface area contributed by atoms with Crippen LogP contribution in [0.25, 0.3) is 0 Å². The molecule has 0 bridgehead atoms. The maximum atomic E-state index is 14.2. The zero-order valence-electron chi connectivity index (χ0n) is 13.3. The number of benzene rings is 1. The normalized spacial score (nSPS) is 11.6. The number of aromatic carboxylic acids is 1. The van der Waals surface area contributed by atoms with Gasteiger partial charge >= 0.3 is 5.97 Å². The summed E-state index contributed by atoms with van der Waals surface area (Å²) in [6.45, 7) is 7.22. The Morgan fingerprint density at radius 3 is 2.48 bits per heavy atom. The third kappa shape index (κ3) is 5.81. The van der Waals surface area contributed by atoms with Crippen LogP contribution in [0.3, 0.4) is 0 Å². The molecule has 0 aromatic heterocycles. The highest BCUT2D eigenvalue weighted by Crippen LogP contribution is 2.16. The van der Waals surface area contributed by atoms with Crippen molar-refractivity contribution < 1.29 is 14.3 Å². The minimum atomic E-state index is -1.22. The van der Waals surface area contributed by atoms with Crippen molar-refractivity contribution in [3.63, 3.8) is 0 Å². The summed E-state index contributed by atoms with van der Waals surface area (Å²) in [7, 11) is 4.00. The third-order valence-corrected chi connectivity index (χ3v) is 3.19. The van der Waals surface area contributed by atoms with Gasteiger partial charge in [-0.15, -0.1) is 0 Å². The van der Waals surface area contributed by atoms with E-state index < -0.39 is 11.8 Å². The first-order valence-corrected chi connectivity index (χ1v) is 7.19. The zero-order chi connectivity index (χ0) is 16.0. The van der Waals surface area contributed by atoms with Crippen LogP contribution < -0.4 is 0 Å². The molecule has 0 spiro atoms. The molecule has 1 aromatic rings. The molecule has 0 unspecified atom stereocenters. The number of rotatable bonds is 8. The summed E-state index contributed by atoms with van der Waals surface area (Å²) in [4.78, 5) is 15.2. The molecule has 0 aliphatic carbocycles. The Labute approximate surface area is 126 Å². The molecule has 4 nitrogen and oxygen atoms in total. The van der Waals surface area contributed by atoms with Crippen LogP contribution in [0.4, 0.5) is 4.39 Å². The quantitative estimate of drug-likeness (QED) is 0.800. The molecule has 118 valence electrons. The second kappa shape index (κ2) is 8.10. The van der Waals surface area contributed by atoms with Gasteiger partial charge in [0.05, 0.1) is 5.56 Å². The summed E-state index contributed by atoms with van der Waals surface area (Å²) < 4.78 is 14.2. The first-order valence-electron chi connectivity index (χ1n) is 7.19. The lowest BCUT2D eigenvalue weighted by Gasteiger charge is -2.26. The molecular formula is C16H25FN2O2. The molecule has 0 amide bonds. The van der Waals surface area contributed by atoms with E-state index in [9.17, 15) is 9.18 Å². The monoisotopic (exact) mass is 296 g/mol. The molecule has 1 rings (SSSR count). The largest absolute Gasteiger partial charge is 0.478 e. The van der Waals surface area contributed by atoms with Crippen LogP contribution in [-0.2, 0) is 6.54 Å². The van der Waals surface area contributed by atoms with Crippen molar-refractivity contribution in [3.8, 4) is 0 Å². The third-order valence-electron chi connectivity index (χ3n) is 3.19. The van der Waals surface area contributed by atoms with E-state index in [2.05, 4.69) is 23.6 Å². The molecule has 0 aliphatic heterocycles. The van der Waals surface area contributed by atoms with Crippen molar-refractivity contribution in [2.75, 3.05) is 33.7 Å². The maximum absolute atomic E-state index is 14.2. The summed E-state index contributed by atoms with van der Waals surface area (Å²) in [6.07, 6.45) is 0. The Hall–Kier alpha value is -1.46. The first kappa shape index (κ1) is 17.6. The van der Waals surface area contributed by atoms with Gasteiger partial charge in [-0.1, -0.05) is 26.0 Å². The minimum absolute atomic E-state index is 0.260. The SMILES string of the molecule is CC(C)CN(CCN(C)C)Cc1cccc(C(=O)O)c1F. The molecule has 0 saturated carbocycles. The highest BCUT2D eigenvalue weighted by atomic mass is 19.1. The van der Waals surface area contributed by atoms with Crippen LogP contribution in [0, 0.1) is 11.7 Å². The lowest BCUT2D eigenvalue weighted by molar-refractivity contribution is 0.0691. The average molecular weight is 296 g/mol. The number of halogens is 1. The van der Waals surface area contributed by atoms with E-state index in [1.54, 1.807) is 12.1 Å². The van der Waals surface area contributed by atoms with E-state index in [4.69, 9.17) is 5.11 Å². The standard InChI is InChI=1S/C16H25FN2O2/c1-12(2)10-19(9-8-18(3)4)11-13-6-5-7-14(15(13)17)16(20)21/h5-7,12H,8-11H2,1-4H3,(H,20,21). The first-order chi connectivity index (χ1) is 9.81. The predicted octanol–water partition coefficient (Wildman–Crippen LogP) is 2.54. The highest BCUT2D eigenvalue weighted by molar-refractivity contribution is 5.88. The molecule has 0 aliphatic rings. The Morgan fingerprint density at radius 1 is 1.29 bits per heavy atom. The number of carboxylic acid groups (broad SMARTS) is 1. The van der Waals surface area contributed by atoms with E-state index in [0.717, 1.165) is 19.6 Å². The van der Waals surface area contributed by atoms with Crippen molar-refractivity contribution in [2.24, 2.45) is 5.92 Å². The second-order valence-electron chi connectivity index (χ2n) is 6.02. The van der Waals surface area contributed by atoms with Crippen LogP contribution in [0.1, 0.15) is 29.8 Å². The molecule has 1 aromatic carbocycles. The summed E-state index contributed by atoms with van der Waals surface area (Å²) in [5.74, 6) is -1.38. The van der Waals surface area contributed by atoms with E-state index in [-0.39, 0.29) is 5.56 Å². The number of carbonyl (C=O) groups is 1. The summed E-state index contributed by atoms with van der Waals surface area (Å²) >= 11 is 0. The van der Waals surface area contributed by atoms with Gasteiger partial charge in [0.1, 0.15) is 5.82 Å². The van der Waals surface area contributed by atoms with Gasteiger partial charge in [0.2, 0.25) is 0 Å². The number of hydrogen-bond acceptors (Lipinski definition) is 3. The van der Waals surface area contributed by atoms with E-state index in [1.165, 1.54) is 6.07 Å². The Bertz CT molecular complexity index is 475. The lowest BCUT2D eigenvalue weighted by atomic mass is 10.1. The van der Waals surface area contributed by atoms with Crippen molar-refractivity contribution in [1.82, 2.24) is 9.80 Å².